The molecule has 0 N–H and O–H groups in total. The number of rotatable bonds is 2. The van der Waals surface area contributed by atoms with E-state index in [1.54, 1.807) is 0 Å². The molecule has 0 aliphatic carbocycles. The van der Waals surface area contributed by atoms with Gasteiger partial charge in [-0.2, -0.15) is 0 Å². The van der Waals surface area contributed by atoms with Crippen LogP contribution in [0.4, 0.5) is 0 Å². The van der Waals surface area contributed by atoms with Gasteiger partial charge in [-0.15, -0.1) is 0 Å². The molecule has 0 bridgehead atoms. The van der Waals surface area contributed by atoms with Crippen LogP contribution in [-0.2, 0) is 4.74 Å². The van der Waals surface area contributed by atoms with Crippen LogP contribution in [0.2, 0.25) is 0 Å². The van der Waals surface area contributed by atoms with Gasteiger partial charge in [0.2, 0.25) is 0 Å². The highest BCUT2D eigenvalue weighted by Crippen LogP contribution is 2.27. The van der Waals surface area contributed by atoms with Crippen molar-refractivity contribution in [2.24, 2.45) is 0 Å². The minimum Gasteiger partial charge on any atom is -0.386 e. The standard InChI is InChI=1S/C12H8O5/c1-5(13)7-3-4-8-10(9(7)6(2)14)12(16)17-11(8)15/h3-4H,1-2H3. The lowest BCUT2D eigenvalue weighted by Crippen LogP contribution is -2.11. The van der Waals surface area contributed by atoms with Gasteiger partial charge < -0.3 is 4.74 Å². The molecule has 0 saturated heterocycles. The quantitative estimate of drug-likeness (QED) is 0.437. The minimum atomic E-state index is -0.877. The predicted molar refractivity (Wildman–Crippen MR) is 56.2 cm³/mol. The summed E-state index contributed by atoms with van der Waals surface area (Å²) in [6.45, 7) is 2.52. The summed E-state index contributed by atoms with van der Waals surface area (Å²) in [5.74, 6) is -2.45. The molecule has 17 heavy (non-hydrogen) atoms. The van der Waals surface area contributed by atoms with Crippen LogP contribution in [0.25, 0.3) is 0 Å². The second-order valence-corrected chi connectivity index (χ2v) is 3.70. The Balaban J connectivity index is 2.84. The fourth-order valence-corrected chi connectivity index (χ4v) is 1.83. The van der Waals surface area contributed by atoms with Crippen molar-refractivity contribution in [3.8, 4) is 0 Å². The average Bonchev–Trinajstić information content (AvgIpc) is 2.53. The lowest BCUT2D eigenvalue weighted by atomic mass is 9.93. The molecule has 86 valence electrons. The molecule has 0 aromatic heterocycles. The van der Waals surface area contributed by atoms with Gasteiger partial charge in [0.15, 0.2) is 11.6 Å². The van der Waals surface area contributed by atoms with Gasteiger partial charge >= 0.3 is 11.9 Å². The fraction of sp³-hybridized carbons (Fsp3) is 0.167. The molecule has 0 saturated carbocycles. The van der Waals surface area contributed by atoms with Crippen LogP contribution in [0.15, 0.2) is 12.1 Å². The molecule has 0 unspecified atom stereocenters. The molecule has 5 nitrogen and oxygen atoms in total. The third-order valence-electron chi connectivity index (χ3n) is 2.55. The summed E-state index contributed by atoms with van der Waals surface area (Å²) in [6.07, 6.45) is 0. The molecule has 1 heterocycles. The van der Waals surface area contributed by atoms with Gasteiger partial charge in [-0.1, -0.05) is 0 Å². The smallest absolute Gasteiger partial charge is 0.347 e. The zero-order chi connectivity index (χ0) is 12.7. The number of hydrogen-bond donors (Lipinski definition) is 0. The van der Waals surface area contributed by atoms with E-state index < -0.39 is 17.7 Å². The van der Waals surface area contributed by atoms with E-state index in [9.17, 15) is 19.2 Å². The number of cyclic esters (lactones) is 2. The summed E-state index contributed by atoms with van der Waals surface area (Å²) >= 11 is 0. The van der Waals surface area contributed by atoms with Crippen molar-refractivity contribution in [1.29, 1.82) is 0 Å². The monoisotopic (exact) mass is 232 g/mol. The van der Waals surface area contributed by atoms with Crippen molar-refractivity contribution in [3.05, 3.63) is 34.4 Å². The van der Waals surface area contributed by atoms with Gasteiger partial charge in [-0.05, 0) is 26.0 Å². The highest BCUT2D eigenvalue weighted by Gasteiger charge is 2.35. The largest absolute Gasteiger partial charge is 0.386 e. The molecule has 0 radical (unpaired) electrons. The normalized spacial score (nSPS) is 13.3. The van der Waals surface area contributed by atoms with Crippen LogP contribution in [0.5, 0.6) is 0 Å². The van der Waals surface area contributed by atoms with Crippen LogP contribution < -0.4 is 0 Å². The van der Waals surface area contributed by atoms with Gasteiger partial charge in [-0.3, -0.25) is 9.59 Å². The zero-order valence-electron chi connectivity index (χ0n) is 9.20. The van der Waals surface area contributed by atoms with E-state index in [1.165, 1.54) is 26.0 Å². The Morgan fingerprint density at radius 1 is 1.00 bits per heavy atom. The van der Waals surface area contributed by atoms with E-state index in [1.807, 2.05) is 0 Å². The van der Waals surface area contributed by atoms with Crippen LogP contribution in [0, 0.1) is 0 Å². The number of fused-ring (bicyclic) bond motifs is 1. The number of ketones is 2. The molecule has 1 aromatic carbocycles. The van der Waals surface area contributed by atoms with Crippen LogP contribution >= 0.6 is 0 Å². The van der Waals surface area contributed by atoms with Crippen LogP contribution in [-0.4, -0.2) is 23.5 Å². The maximum atomic E-state index is 11.5. The highest BCUT2D eigenvalue weighted by atomic mass is 16.6. The van der Waals surface area contributed by atoms with Crippen LogP contribution in [0.3, 0.4) is 0 Å². The summed E-state index contributed by atoms with van der Waals surface area (Å²) in [7, 11) is 0. The fourth-order valence-electron chi connectivity index (χ4n) is 1.83. The maximum Gasteiger partial charge on any atom is 0.347 e. The molecule has 0 atom stereocenters. The first kappa shape index (κ1) is 11.2. The predicted octanol–water partition coefficient (Wildman–Crippen LogP) is 1.40. The van der Waals surface area contributed by atoms with Crippen molar-refractivity contribution >= 4 is 23.5 Å². The second kappa shape index (κ2) is 3.62. The van der Waals surface area contributed by atoms with E-state index in [2.05, 4.69) is 4.74 Å². The molecular weight excluding hydrogens is 224 g/mol. The molecule has 2 rings (SSSR count). The molecule has 1 aliphatic heterocycles. The zero-order valence-corrected chi connectivity index (χ0v) is 9.20. The molecule has 0 fully saturated rings. The minimum absolute atomic E-state index is 0.0326. The SMILES string of the molecule is CC(=O)c1ccc2c(c1C(C)=O)C(=O)OC2=O. The summed E-state index contributed by atoms with van der Waals surface area (Å²) in [5.41, 5.74) is 0.0224. The van der Waals surface area contributed by atoms with Crippen molar-refractivity contribution in [1.82, 2.24) is 0 Å². The maximum absolute atomic E-state index is 11.5. The first-order valence-corrected chi connectivity index (χ1v) is 4.89. The molecular formula is C12H8O5. The van der Waals surface area contributed by atoms with Crippen molar-refractivity contribution < 1.29 is 23.9 Å². The van der Waals surface area contributed by atoms with Crippen LogP contribution in [0.1, 0.15) is 55.3 Å². The number of benzene rings is 1. The topological polar surface area (TPSA) is 77.5 Å². The van der Waals surface area contributed by atoms with E-state index in [4.69, 9.17) is 0 Å². The number of carbonyl (C=O) groups excluding carboxylic acids is 4. The summed E-state index contributed by atoms with van der Waals surface area (Å²) in [6, 6.07) is 2.68. The third-order valence-corrected chi connectivity index (χ3v) is 2.55. The van der Waals surface area contributed by atoms with E-state index >= 15 is 0 Å². The Hall–Kier alpha value is -2.30. The van der Waals surface area contributed by atoms with Crippen molar-refractivity contribution in [2.45, 2.75) is 13.8 Å². The molecule has 0 amide bonds. The Morgan fingerprint density at radius 3 is 2.18 bits per heavy atom. The molecule has 1 aliphatic rings. The summed E-state index contributed by atoms with van der Waals surface area (Å²) in [5, 5.41) is 0. The van der Waals surface area contributed by atoms with E-state index in [-0.39, 0.29) is 28.0 Å². The summed E-state index contributed by atoms with van der Waals surface area (Å²) < 4.78 is 4.42. The number of hydrogen-bond acceptors (Lipinski definition) is 5. The lowest BCUT2D eigenvalue weighted by molar-refractivity contribution is 0.0442. The third kappa shape index (κ3) is 1.56. The first-order valence-electron chi connectivity index (χ1n) is 4.89. The Kier molecular flexibility index (Phi) is 2.38. The van der Waals surface area contributed by atoms with Gasteiger partial charge in [0.1, 0.15) is 0 Å². The van der Waals surface area contributed by atoms with Crippen molar-refractivity contribution in [3.63, 3.8) is 0 Å². The lowest BCUT2D eigenvalue weighted by Gasteiger charge is -2.06. The number of Topliss-reactive ketones (excluding diaryl/α,β-unsaturated/α-hetero) is 2. The Labute approximate surface area is 96.4 Å². The number of carbonyl (C=O) groups is 4. The molecule has 0 spiro atoms. The molecule has 5 heteroatoms. The van der Waals surface area contributed by atoms with Gasteiger partial charge in [0.25, 0.3) is 0 Å². The van der Waals surface area contributed by atoms with Gasteiger partial charge in [-0.25, -0.2) is 9.59 Å². The Bertz CT molecular complexity index is 583. The molecule has 1 aromatic rings. The van der Waals surface area contributed by atoms with Gasteiger partial charge in [0.05, 0.1) is 11.1 Å². The number of esters is 2. The van der Waals surface area contributed by atoms with Gasteiger partial charge in [0, 0.05) is 11.1 Å². The second-order valence-electron chi connectivity index (χ2n) is 3.70. The van der Waals surface area contributed by atoms with Crippen molar-refractivity contribution in [2.75, 3.05) is 0 Å². The highest BCUT2D eigenvalue weighted by molar-refractivity contribution is 6.22. The average molecular weight is 232 g/mol. The number of ether oxygens (including phenoxy) is 1. The first-order chi connectivity index (χ1) is 7.93. The van der Waals surface area contributed by atoms with E-state index in [0.717, 1.165) is 0 Å². The summed E-state index contributed by atoms with van der Waals surface area (Å²) in [4.78, 5) is 45.6. The Morgan fingerprint density at radius 2 is 1.65 bits per heavy atom. The van der Waals surface area contributed by atoms with E-state index in [0.29, 0.717) is 0 Å².